The Hall–Kier alpha value is -1.73. The molecule has 1 rings (SSSR count). The van der Waals surface area contributed by atoms with Gasteiger partial charge in [-0.1, -0.05) is 6.07 Å². The fourth-order valence-electron chi connectivity index (χ4n) is 1.70. The highest BCUT2D eigenvalue weighted by atomic mass is 16.5. The topological polar surface area (TPSA) is 54.3 Å². The molecule has 98 valence electrons. The summed E-state index contributed by atoms with van der Waals surface area (Å²) in [5.74, 6) is 1.66. The first-order chi connectivity index (χ1) is 8.81. The summed E-state index contributed by atoms with van der Waals surface area (Å²) in [4.78, 5) is 0. The van der Waals surface area contributed by atoms with E-state index in [1.807, 2.05) is 18.2 Å². The van der Waals surface area contributed by atoms with Gasteiger partial charge in [-0.15, -0.1) is 0 Å². The van der Waals surface area contributed by atoms with E-state index in [0.717, 1.165) is 43.0 Å². The van der Waals surface area contributed by atoms with Gasteiger partial charge < -0.3 is 14.8 Å². The summed E-state index contributed by atoms with van der Waals surface area (Å²) in [7, 11) is 3.31. The molecule has 1 N–H and O–H groups in total. The molecule has 0 radical (unpaired) electrons. The summed E-state index contributed by atoms with van der Waals surface area (Å²) in [6.07, 6.45) is 2.41. The van der Waals surface area contributed by atoms with Crippen LogP contribution >= 0.6 is 0 Å². The molecule has 0 spiro atoms. The van der Waals surface area contributed by atoms with Gasteiger partial charge in [-0.3, -0.25) is 0 Å². The molecule has 0 aromatic heterocycles. The third kappa shape index (κ3) is 4.64. The number of nitriles is 1. The lowest BCUT2D eigenvalue weighted by Crippen LogP contribution is -2.18. The zero-order valence-corrected chi connectivity index (χ0v) is 11.0. The summed E-state index contributed by atoms with van der Waals surface area (Å²) >= 11 is 0. The molecule has 1 aromatic carbocycles. The second kappa shape index (κ2) is 8.37. The molecule has 0 saturated heterocycles. The van der Waals surface area contributed by atoms with Gasteiger partial charge in [-0.2, -0.15) is 5.26 Å². The van der Waals surface area contributed by atoms with E-state index < -0.39 is 0 Å². The highest BCUT2D eigenvalue weighted by Gasteiger charge is 2.04. The van der Waals surface area contributed by atoms with Crippen LogP contribution in [0.3, 0.4) is 0 Å². The number of nitrogens with zero attached hydrogens (tertiary/aromatic N) is 1. The summed E-state index contributed by atoms with van der Waals surface area (Å²) < 4.78 is 10.5. The summed E-state index contributed by atoms with van der Waals surface area (Å²) in [5.41, 5.74) is 1.16. The van der Waals surface area contributed by atoms with Gasteiger partial charge in [0.2, 0.25) is 0 Å². The standard InChI is InChI=1S/C14H20N2O2/c1-17-13-6-5-12(14(11-13)18-2)7-10-16-9-4-3-8-15/h5-6,11,16H,3-4,7,9-10H2,1-2H3. The van der Waals surface area contributed by atoms with Crippen LogP contribution in [0, 0.1) is 11.3 Å². The Morgan fingerprint density at radius 2 is 2.06 bits per heavy atom. The van der Waals surface area contributed by atoms with E-state index in [-0.39, 0.29) is 0 Å². The zero-order chi connectivity index (χ0) is 13.2. The van der Waals surface area contributed by atoms with Crippen LogP contribution in [-0.2, 0) is 6.42 Å². The number of hydrogen-bond acceptors (Lipinski definition) is 4. The SMILES string of the molecule is COc1ccc(CCNCCCC#N)c(OC)c1. The maximum atomic E-state index is 8.41. The van der Waals surface area contributed by atoms with E-state index in [0.29, 0.717) is 6.42 Å². The molecule has 4 nitrogen and oxygen atoms in total. The number of benzene rings is 1. The molecule has 1 aromatic rings. The van der Waals surface area contributed by atoms with Crippen molar-refractivity contribution >= 4 is 0 Å². The fraction of sp³-hybridized carbons (Fsp3) is 0.500. The molecular formula is C14H20N2O2. The molecule has 0 saturated carbocycles. The van der Waals surface area contributed by atoms with Crippen LogP contribution < -0.4 is 14.8 Å². The molecule has 4 heteroatoms. The summed E-state index contributed by atoms with van der Waals surface area (Å²) in [6.45, 7) is 1.76. The Balaban J connectivity index is 2.40. The molecule has 0 aliphatic rings. The van der Waals surface area contributed by atoms with Gasteiger partial charge in [-0.05, 0) is 37.6 Å². The first-order valence-electron chi connectivity index (χ1n) is 6.10. The van der Waals surface area contributed by atoms with Crippen LogP contribution in [0.4, 0.5) is 0 Å². The largest absolute Gasteiger partial charge is 0.497 e. The van der Waals surface area contributed by atoms with Gasteiger partial charge in [0, 0.05) is 12.5 Å². The van der Waals surface area contributed by atoms with Gasteiger partial charge in [0.15, 0.2) is 0 Å². The van der Waals surface area contributed by atoms with Crippen molar-refractivity contribution in [2.24, 2.45) is 0 Å². The van der Waals surface area contributed by atoms with Crippen molar-refractivity contribution < 1.29 is 9.47 Å². The van der Waals surface area contributed by atoms with E-state index in [9.17, 15) is 0 Å². The number of unbranched alkanes of at least 4 members (excludes halogenated alkanes) is 1. The van der Waals surface area contributed by atoms with E-state index in [1.165, 1.54) is 0 Å². The Kier molecular flexibility index (Phi) is 6.67. The second-order valence-corrected chi connectivity index (χ2v) is 3.94. The Bertz CT molecular complexity index is 399. The maximum absolute atomic E-state index is 8.41. The third-order valence-corrected chi connectivity index (χ3v) is 2.71. The predicted molar refractivity (Wildman–Crippen MR) is 71.0 cm³/mol. The van der Waals surface area contributed by atoms with Gasteiger partial charge in [0.25, 0.3) is 0 Å². The smallest absolute Gasteiger partial charge is 0.125 e. The highest BCUT2D eigenvalue weighted by Crippen LogP contribution is 2.24. The van der Waals surface area contributed by atoms with Crippen LogP contribution in [0.1, 0.15) is 18.4 Å². The number of ether oxygens (including phenoxy) is 2. The van der Waals surface area contributed by atoms with Crippen molar-refractivity contribution in [1.29, 1.82) is 5.26 Å². The molecule has 18 heavy (non-hydrogen) atoms. The first kappa shape index (κ1) is 14.3. The summed E-state index contributed by atoms with van der Waals surface area (Å²) in [6, 6.07) is 7.99. The molecule has 0 heterocycles. The lowest BCUT2D eigenvalue weighted by molar-refractivity contribution is 0.390. The number of nitrogens with one attached hydrogen (secondary N) is 1. The lowest BCUT2D eigenvalue weighted by atomic mass is 10.1. The lowest BCUT2D eigenvalue weighted by Gasteiger charge is -2.10. The maximum Gasteiger partial charge on any atom is 0.125 e. The van der Waals surface area contributed by atoms with Gasteiger partial charge in [0.05, 0.1) is 20.3 Å². The normalized spacial score (nSPS) is 9.83. The van der Waals surface area contributed by atoms with Gasteiger partial charge in [-0.25, -0.2) is 0 Å². The number of rotatable bonds is 8. The first-order valence-corrected chi connectivity index (χ1v) is 6.10. The van der Waals surface area contributed by atoms with Crippen molar-refractivity contribution in [2.75, 3.05) is 27.3 Å². The van der Waals surface area contributed by atoms with Crippen molar-refractivity contribution in [1.82, 2.24) is 5.32 Å². The molecule has 0 fully saturated rings. The quantitative estimate of drug-likeness (QED) is 0.716. The van der Waals surface area contributed by atoms with Crippen LogP contribution in [0.15, 0.2) is 18.2 Å². The molecule has 0 unspecified atom stereocenters. The highest BCUT2D eigenvalue weighted by molar-refractivity contribution is 5.40. The molecular weight excluding hydrogens is 228 g/mol. The minimum atomic E-state index is 0.610. The number of hydrogen-bond donors (Lipinski definition) is 1. The summed E-state index contributed by atoms with van der Waals surface area (Å²) in [5, 5.41) is 11.7. The van der Waals surface area contributed by atoms with Crippen LogP contribution in [0.2, 0.25) is 0 Å². The molecule has 0 atom stereocenters. The minimum absolute atomic E-state index is 0.610. The third-order valence-electron chi connectivity index (χ3n) is 2.71. The Morgan fingerprint density at radius 1 is 1.22 bits per heavy atom. The Morgan fingerprint density at radius 3 is 2.72 bits per heavy atom. The average Bonchev–Trinajstić information content (AvgIpc) is 2.42. The Labute approximate surface area is 109 Å². The van der Waals surface area contributed by atoms with Gasteiger partial charge in [0.1, 0.15) is 11.5 Å². The van der Waals surface area contributed by atoms with Crippen LogP contribution in [0.5, 0.6) is 11.5 Å². The van der Waals surface area contributed by atoms with Crippen LogP contribution in [0.25, 0.3) is 0 Å². The van der Waals surface area contributed by atoms with Crippen LogP contribution in [-0.4, -0.2) is 27.3 Å². The van der Waals surface area contributed by atoms with E-state index in [1.54, 1.807) is 14.2 Å². The van der Waals surface area contributed by atoms with Crippen molar-refractivity contribution in [2.45, 2.75) is 19.3 Å². The van der Waals surface area contributed by atoms with E-state index >= 15 is 0 Å². The molecule has 0 amide bonds. The molecule has 0 aliphatic heterocycles. The predicted octanol–water partition coefficient (Wildman–Crippen LogP) is 2.14. The van der Waals surface area contributed by atoms with Crippen molar-refractivity contribution in [3.8, 4) is 17.6 Å². The van der Waals surface area contributed by atoms with Crippen molar-refractivity contribution in [3.63, 3.8) is 0 Å². The molecule has 0 aliphatic carbocycles. The molecule has 0 bridgehead atoms. The zero-order valence-electron chi connectivity index (χ0n) is 11.0. The number of methoxy groups -OCH3 is 2. The minimum Gasteiger partial charge on any atom is -0.497 e. The van der Waals surface area contributed by atoms with Gasteiger partial charge >= 0.3 is 0 Å². The van der Waals surface area contributed by atoms with E-state index in [2.05, 4.69) is 11.4 Å². The fourth-order valence-corrected chi connectivity index (χ4v) is 1.70. The average molecular weight is 248 g/mol. The monoisotopic (exact) mass is 248 g/mol. The van der Waals surface area contributed by atoms with Crippen molar-refractivity contribution in [3.05, 3.63) is 23.8 Å². The second-order valence-electron chi connectivity index (χ2n) is 3.94. The van der Waals surface area contributed by atoms with E-state index in [4.69, 9.17) is 14.7 Å².